The Hall–Kier alpha value is -3.62. The van der Waals surface area contributed by atoms with Crippen LogP contribution >= 0.6 is 0 Å². The molecule has 2 aromatic carbocycles. The lowest BCUT2D eigenvalue weighted by Crippen LogP contribution is -2.38. The summed E-state index contributed by atoms with van der Waals surface area (Å²) in [4.78, 5) is 24.4. The van der Waals surface area contributed by atoms with Gasteiger partial charge < -0.3 is 9.84 Å². The van der Waals surface area contributed by atoms with Gasteiger partial charge in [0.2, 0.25) is 0 Å². The second kappa shape index (κ2) is 12.5. The molecule has 0 aliphatic rings. The van der Waals surface area contributed by atoms with Crippen molar-refractivity contribution in [3.05, 3.63) is 70.9 Å². The van der Waals surface area contributed by atoms with Crippen molar-refractivity contribution >= 4 is 11.8 Å². The lowest BCUT2D eigenvalue weighted by atomic mass is 10.0. The SMILES string of the molecule is CCCCCCn1nc(-c2ccc(C(F)(F)F)cc2)cc1CCC(=O)c1ccc(OC(C)(C)C(=O)O)c(C)c1. The average Bonchev–Trinajstić information content (AvgIpc) is 3.28. The van der Waals surface area contributed by atoms with E-state index in [1.165, 1.54) is 26.0 Å². The van der Waals surface area contributed by atoms with Gasteiger partial charge in [0.1, 0.15) is 5.75 Å². The van der Waals surface area contributed by atoms with Gasteiger partial charge in [-0.15, -0.1) is 0 Å². The van der Waals surface area contributed by atoms with E-state index < -0.39 is 23.3 Å². The van der Waals surface area contributed by atoms with Gasteiger partial charge in [-0.05, 0) is 75.6 Å². The van der Waals surface area contributed by atoms with Crippen LogP contribution in [0.3, 0.4) is 0 Å². The third kappa shape index (κ3) is 7.94. The molecular formula is C30H35F3N2O4. The van der Waals surface area contributed by atoms with E-state index in [0.29, 0.717) is 41.1 Å². The molecule has 0 atom stereocenters. The molecule has 39 heavy (non-hydrogen) atoms. The summed E-state index contributed by atoms with van der Waals surface area (Å²) in [5.74, 6) is -0.786. The Kier molecular flexibility index (Phi) is 9.59. The molecule has 0 bridgehead atoms. The van der Waals surface area contributed by atoms with Crippen molar-refractivity contribution in [1.82, 2.24) is 9.78 Å². The van der Waals surface area contributed by atoms with Crippen molar-refractivity contribution in [3.63, 3.8) is 0 Å². The van der Waals surface area contributed by atoms with Crippen molar-refractivity contribution in [2.75, 3.05) is 0 Å². The number of ketones is 1. The molecule has 1 N–H and O–H groups in total. The third-order valence-corrected chi connectivity index (χ3v) is 6.58. The first-order valence-corrected chi connectivity index (χ1v) is 13.1. The topological polar surface area (TPSA) is 81.4 Å². The number of unbranched alkanes of at least 4 members (excludes halogenated alkanes) is 3. The number of aliphatic carboxylic acids is 1. The lowest BCUT2D eigenvalue weighted by molar-refractivity contribution is -0.152. The van der Waals surface area contributed by atoms with E-state index in [1.54, 1.807) is 25.1 Å². The van der Waals surface area contributed by atoms with Gasteiger partial charge in [-0.3, -0.25) is 9.48 Å². The van der Waals surface area contributed by atoms with Crippen LogP contribution in [0, 0.1) is 6.92 Å². The number of Topliss-reactive ketones (excluding diaryl/α,β-unsaturated/α-hetero) is 1. The molecule has 1 aromatic heterocycles. The number of alkyl halides is 3. The van der Waals surface area contributed by atoms with Gasteiger partial charge in [0.15, 0.2) is 11.4 Å². The minimum atomic E-state index is -4.40. The van der Waals surface area contributed by atoms with Crippen LogP contribution in [0.2, 0.25) is 0 Å². The predicted molar refractivity (Wildman–Crippen MR) is 143 cm³/mol. The van der Waals surface area contributed by atoms with Gasteiger partial charge in [0.25, 0.3) is 0 Å². The molecule has 0 aliphatic carbocycles. The zero-order valence-electron chi connectivity index (χ0n) is 22.8. The molecule has 3 rings (SSSR count). The highest BCUT2D eigenvalue weighted by Gasteiger charge is 2.31. The fourth-order valence-corrected chi connectivity index (χ4v) is 4.15. The van der Waals surface area contributed by atoms with E-state index >= 15 is 0 Å². The zero-order chi connectivity index (χ0) is 28.8. The van der Waals surface area contributed by atoms with Gasteiger partial charge in [-0.1, -0.05) is 38.3 Å². The van der Waals surface area contributed by atoms with E-state index in [1.807, 2.05) is 10.7 Å². The fraction of sp³-hybridized carbons (Fsp3) is 0.433. The number of carboxylic acid groups (broad SMARTS) is 1. The van der Waals surface area contributed by atoms with E-state index in [-0.39, 0.29) is 12.2 Å². The van der Waals surface area contributed by atoms with Crippen molar-refractivity contribution in [2.45, 2.75) is 84.5 Å². The van der Waals surface area contributed by atoms with Crippen LogP contribution in [0.4, 0.5) is 13.2 Å². The number of carbonyl (C=O) groups is 2. The van der Waals surface area contributed by atoms with Crippen LogP contribution in [-0.4, -0.2) is 32.2 Å². The number of rotatable bonds is 13. The number of benzene rings is 2. The summed E-state index contributed by atoms with van der Waals surface area (Å²) in [7, 11) is 0. The van der Waals surface area contributed by atoms with Crippen molar-refractivity contribution < 1.29 is 32.6 Å². The molecule has 0 aliphatic heterocycles. The van der Waals surface area contributed by atoms with Crippen LogP contribution in [0.25, 0.3) is 11.3 Å². The normalized spacial score (nSPS) is 12.0. The first kappa shape index (κ1) is 29.9. The minimum absolute atomic E-state index is 0.0862. The number of nitrogens with zero attached hydrogens (tertiary/aromatic N) is 2. The van der Waals surface area contributed by atoms with Gasteiger partial charge in [0, 0.05) is 29.8 Å². The largest absolute Gasteiger partial charge is 0.478 e. The number of ether oxygens (including phenoxy) is 1. The van der Waals surface area contributed by atoms with Gasteiger partial charge in [-0.25, -0.2) is 4.79 Å². The van der Waals surface area contributed by atoms with E-state index in [9.17, 15) is 27.9 Å². The van der Waals surface area contributed by atoms with Gasteiger partial charge in [-0.2, -0.15) is 18.3 Å². The van der Waals surface area contributed by atoms with Crippen LogP contribution in [0.15, 0.2) is 48.5 Å². The second-order valence-electron chi connectivity index (χ2n) is 10.2. The van der Waals surface area contributed by atoms with Crippen LogP contribution < -0.4 is 4.74 Å². The van der Waals surface area contributed by atoms with Gasteiger partial charge in [0.05, 0.1) is 11.3 Å². The van der Waals surface area contributed by atoms with Gasteiger partial charge >= 0.3 is 12.1 Å². The summed E-state index contributed by atoms with van der Waals surface area (Å²) in [6.45, 7) is 7.46. The summed E-state index contributed by atoms with van der Waals surface area (Å²) >= 11 is 0. The highest BCUT2D eigenvalue weighted by atomic mass is 19.4. The number of hydrogen-bond acceptors (Lipinski definition) is 4. The summed E-state index contributed by atoms with van der Waals surface area (Å²) in [5.41, 5.74) is 1.02. The predicted octanol–water partition coefficient (Wildman–Crippen LogP) is 7.52. The molecule has 0 saturated carbocycles. The summed E-state index contributed by atoms with van der Waals surface area (Å²) < 4.78 is 46.4. The zero-order valence-corrected chi connectivity index (χ0v) is 22.8. The smallest absolute Gasteiger partial charge is 0.416 e. The molecule has 1 heterocycles. The lowest BCUT2D eigenvalue weighted by Gasteiger charge is -2.23. The number of aryl methyl sites for hydroxylation is 3. The molecule has 0 spiro atoms. The van der Waals surface area contributed by atoms with Crippen LogP contribution in [-0.2, 0) is 23.9 Å². The summed E-state index contributed by atoms with van der Waals surface area (Å²) in [5, 5.41) is 14.0. The quantitative estimate of drug-likeness (QED) is 0.178. The molecule has 3 aromatic rings. The maximum atomic E-state index is 13.0. The van der Waals surface area contributed by atoms with Crippen molar-refractivity contribution in [1.29, 1.82) is 0 Å². The molecule has 6 nitrogen and oxygen atoms in total. The third-order valence-electron chi connectivity index (χ3n) is 6.58. The molecule has 0 radical (unpaired) electrons. The maximum Gasteiger partial charge on any atom is 0.416 e. The van der Waals surface area contributed by atoms with E-state index in [4.69, 9.17) is 4.74 Å². The molecule has 0 unspecified atom stereocenters. The van der Waals surface area contributed by atoms with E-state index in [0.717, 1.165) is 43.5 Å². The Bertz CT molecular complexity index is 1290. The summed E-state index contributed by atoms with van der Waals surface area (Å²) in [6.07, 6.45) is 0.375. The Morgan fingerprint density at radius 1 is 1.00 bits per heavy atom. The maximum absolute atomic E-state index is 13.0. The Morgan fingerprint density at radius 2 is 1.69 bits per heavy atom. The molecule has 210 valence electrons. The highest BCUT2D eigenvalue weighted by molar-refractivity contribution is 5.96. The van der Waals surface area contributed by atoms with Crippen LogP contribution in [0.1, 0.15) is 80.1 Å². The molecular weight excluding hydrogens is 509 g/mol. The minimum Gasteiger partial charge on any atom is -0.478 e. The molecule has 9 heteroatoms. The number of carbonyl (C=O) groups excluding carboxylic acids is 1. The van der Waals surface area contributed by atoms with E-state index in [2.05, 4.69) is 12.0 Å². The first-order chi connectivity index (χ1) is 18.3. The number of carboxylic acids is 1. The highest BCUT2D eigenvalue weighted by Crippen LogP contribution is 2.31. The van der Waals surface area contributed by atoms with Crippen molar-refractivity contribution in [2.24, 2.45) is 0 Å². The Balaban J connectivity index is 1.76. The standard InChI is InChI=1S/C30H35F3N2O4/c1-5-6-7-8-17-35-24(19-25(34-35)21-9-12-23(13-10-21)30(31,32)33)14-15-26(36)22-11-16-27(20(2)18-22)39-29(3,4)28(37)38/h9-13,16,18-19H,5-8,14-15,17H2,1-4H3,(H,37,38). The number of hydrogen-bond donors (Lipinski definition) is 1. The molecule has 0 fully saturated rings. The molecule has 0 saturated heterocycles. The Labute approximate surface area is 226 Å². The summed E-state index contributed by atoms with van der Waals surface area (Å²) in [6, 6.07) is 11.7. The monoisotopic (exact) mass is 544 g/mol. The fourth-order valence-electron chi connectivity index (χ4n) is 4.15. The Morgan fingerprint density at radius 3 is 2.28 bits per heavy atom. The first-order valence-electron chi connectivity index (χ1n) is 13.1. The van der Waals surface area contributed by atoms with Crippen LogP contribution in [0.5, 0.6) is 5.75 Å². The number of aromatic nitrogens is 2. The number of halogens is 3. The molecule has 0 amide bonds. The van der Waals surface area contributed by atoms with Crippen molar-refractivity contribution in [3.8, 4) is 17.0 Å². The second-order valence-corrected chi connectivity index (χ2v) is 10.2. The average molecular weight is 545 g/mol.